The second-order valence-electron chi connectivity index (χ2n) is 7.43. The van der Waals surface area contributed by atoms with Crippen molar-refractivity contribution in [2.75, 3.05) is 19.4 Å². The molecule has 0 aliphatic heterocycles. The number of hydrogen-bond acceptors (Lipinski definition) is 4. The first kappa shape index (κ1) is 23.7. The predicted molar refractivity (Wildman–Crippen MR) is 122 cm³/mol. The summed E-state index contributed by atoms with van der Waals surface area (Å²) >= 11 is 0. The van der Waals surface area contributed by atoms with Crippen molar-refractivity contribution in [1.82, 2.24) is 0 Å². The highest BCUT2D eigenvalue weighted by Crippen LogP contribution is 2.26. The number of rotatable bonds is 14. The van der Waals surface area contributed by atoms with Gasteiger partial charge in [0.25, 0.3) is 0 Å². The van der Waals surface area contributed by atoms with E-state index in [0.717, 1.165) is 48.5 Å². The molecule has 0 saturated carbocycles. The summed E-state index contributed by atoms with van der Waals surface area (Å²) in [5, 5.41) is 0. The zero-order chi connectivity index (χ0) is 20.9. The van der Waals surface area contributed by atoms with Gasteiger partial charge in [-0.15, -0.1) is 0 Å². The van der Waals surface area contributed by atoms with Crippen LogP contribution in [0.2, 0.25) is 0 Å². The topological polar surface area (TPSA) is 58.9 Å². The van der Waals surface area contributed by atoms with E-state index in [1.165, 1.54) is 19.3 Å². The van der Waals surface area contributed by atoms with E-state index in [1.807, 2.05) is 24.3 Å². The first-order chi connectivity index (χ1) is 14.1. The third kappa shape index (κ3) is 9.16. The molecule has 0 aliphatic carbocycles. The van der Waals surface area contributed by atoms with E-state index in [1.54, 1.807) is 0 Å². The summed E-state index contributed by atoms with van der Waals surface area (Å²) in [5.74, 6) is 2.40. The van der Waals surface area contributed by atoms with Crippen LogP contribution in [0.3, 0.4) is 0 Å². The van der Waals surface area contributed by atoms with Crippen molar-refractivity contribution in [2.24, 2.45) is 5.92 Å². The Morgan fingerprint density at radius 3 is 1.90 bits per heavy atom. The van der Waals surface area contributed by atoms with Crippen LogP contribution in [-0.2, 0) is 0 Å². The molecular weight excluding hydrogens is 383 g/mol. The normalized spacial score (nSPS) is 12.2. The Morgan fingerprint density at radius 2 is 1.38 bits per heavy atom. The molecule has 1 unspecified atom stereocenters. The van der Waals surface area contributed by atoms with Crippen LogP contribution in [0.25, 0.3) is 11.1 Å². The molecule has 0 fully saturated rings. The van der Waals surface area contributed by atoms with Gasteiger partial charge in [-0.05, 0) is 60.6 Å². The second-order valence-corrected chi connectivity index (χ2v) is 8.62. The minimum absolute atomic E-state index is 0.454. The standard InChI is InChI=1S/C24H35O4P/c1-3-5-8-20(4-2)19-28-24-15-11-22(12-16-24)21-9-13-23(14-10-21)27-17-6-7-18-29(25)26/h9-16,20,25-26H,3-8,17-19H2,1-2H3. The van der Waals surface area contributed by atoms with E-state index in [2.05, 4.69) is 38.1 Å². The molecular formula is C24H35O4P. The quantitative estimate of drug-likeness (QED) is 0.275. The summed E-state index contributed by atoms with van der Waals surface area (Å²) in [5.41, 5.74) is 2.30. The van der Waals surface area contributed by atoms with Gasteiger partial charge in [0.05, 0.1) is 13.2 Å². The molecule has 160 valence electrons. The Kier molecular flexibility index (Phi) is 11.1. The summed E-state index contributed by atoms with van der Waals surface area (Å²) in [6, 6.07) is 16.4. The van der Waals surface area contributed by atoms with E-state index in [4.69, 9.17) is 19.3 Å². The van der Waals surface area contributed by atoms with Gasteiger partial charge in [0.2, 0.25) is 0 Å². The van der Waals surface area contributed by atoms with Gasteiger partial charge in [-0.3, -0.25) is 0 Å². The summed E-state index contributed by atoms with van der Waals surface area (Å²) in [7, 11) is -1.78. The maximum atomic E-state index is 8.89. The van der Waals surface area contributed by atoms with Crippen LogP contribution in [0, 0.1) is 5.92 Å². The lowest BCUT2D eigenvalue weighted by Crippen LogP contribution is -2.11. The van der Waals surface area contributed by atoms with E-state index >= 15 is 0 Å². The Balaban J connectivity index is 1.80. The SMILES string of the molecule is CCCCC(CC)COc1ccc(-c2ccc(OCCCCP(O)O)cc2)cc1. The Bertz CT molecular complexity index is 670. The maximum Gasteiger partial charge on any atom is 0.164 e. The van der Waals surface area contributed by atoms with Crippen LogP contribution < -0.4 is 9.47 Å². The molecule has 4 nitrogen and oxygen atoms in total. The van der Waals surface area contributed by atoms with Crippen molar-refractivity contribution in [2.45, 2.75) is 52.4 Å². The summed E-state index contributed by atoms with van der Waals surface area (Å²) in [4.78, 5) is 17.8. The summed E-state index contributed by atoms with van der Waals surface area (Å²) in [6.45, 7) is 5.85. The number of benzene rings is 2. The minimum atomic E-state index is -1.78. The van der Waals surface area contributed by atoms with E-state index in [9.17, 15) is 0 Å². The monoisotopic (exact) mass is 418 g/mol. The molecule has 0 saturated heterocycles. The van der Waals surface area contributed by atoms with Crippen molar-refractivity contribution in [3.05, 3.63) is 48.5 Å². The zero-order valence-corrected chi connectivity index (χ0v) is 18.6. The van der Waals surface area contributed by atoms with Crippen molar-refractivity contribution >= 4 is 8.38 Å². The van der Waals surface area contributed by atoms with Gasteiger partial charge in [0.1, 0.15) is 11.5 Å². The van der Waals surface area contributed by atoms with Gasteiger partial charge in [-0.1, -0.05) is 57.4 Å². The fourth-order valence-corrected chi connectivity index (χ4v) is 3.65. The van der Waals surface area contributed by atoms with Crippen LogP contribution in [0.15, 0.2) is 48.5 Å². The Morgan fingerprint density at radius 1 is 0.793 bits per heavy atom. The van der Waals surface area contributed by atoms with Crippen LogP contribution in [0.4, 0.5) is 0 Å². The van der Waals surface area contributed by atoms with Crippen LogP contribution in [0.1, 0.15) is 52.4 Å². The lowest BCUT2D eigenvalue weighted by molar-refractivity contribution is 0.233. The molecule has 2 N–H and O–H groups in total. The molecule has 0 bridgehead atoms. The molecule has 29 heavy (non-hydrogen) atoms. The van der Waals surface area contributed by atoms with Gasteiger partial charge in [-0.25, -0.2) is 0 Å². The van der Waals surface area contributed by atoms with Gasteiger partial charge < -0.3 is 19.3 Å². The number of hydrogen-bond donors (Lipinski definition) is 2. The minimum Gasteiger partial charge on any atom is -0.494 e. The lowest BCUT2D eigenvalue weighted by atomic mass is 10.0. The average Bonchev–Trinajstić information content (AvgIpc) is 2.74. The van der Waals surface area contributed by atoms with Gasteiger partial charge in [-0.2, -0.15) is 0 Å². The summed E-state index contributed by atoms with van der Waals surface area (Å²) < 4.78 is 11.7. The molecule has 0 amide bonds. The van der Waals surface area contributed by atoms with Crippen LogP contribution >= 0.6 is 8.38 Å². The Hall–Kier alpha value is -1.61. The van der Waals surface area contributed by atoms with Gasteiger partial charge in [0.15, 0.2) is 8.38 Å². The number of ether oxygens (including phenoxy) is 2. The fourth-order valence-electron chi connectivity index (χ4n) is 3.14. The highest BCUT2D eigenvalue weighted by atomic mass is 31.2. The van der Waals surface area contributed by atoms with Gasteiger partial charge in [0, 0.05) is 6.16 Å². The molecule has 0 heterocycles. The van der Waals surface area contributed by atoms with Crippen molar-refractivity contribution < 1.29 is 19.3 Å². The summed E-state index contributed by atoms with van der Waals surface area (Å²) in [6.07, 6.45) is 6.95. The molecule has 0 radical (unpaired) electrons. The highest BCUT2D eigenvalue weighted by molar-refractivity contribution is 7.45. The fraction of sp³-hybridized carbons (Fsp3) is 0.500. The molecule has 2 rings (SSSR count). The Labute approximate surface area is 176 Å². The van der Waals surface area contributed by atoms with E-state index < -0.39 is 8.38 Å². The third-order valence-electron chi connectivity index (χ3n) is 5.09. The molecule has 0 aromatic heterocycles. The molecule has 1 atom stereocenters. The molecule has 2 aromatic rings. The van der Waals surface area contributed by atoms with Gasteiger partial charge >= 0.3 is 0 Å². The first-order valence-corrected chi connectivity index (χ1v) is 12.2. The maximum absolute atomic E-state index is 8.89. The molecule has 2 aromatic carbocycles. The average molecular weight is 419 g/mol. The van der Waals surface area contributed by atoms with Crippen LogP contribution in [-0.4, -0.2) is 29.2 Å². The molecule has 0 spiro atoms. The zero-order valence-electron chi connectivity index (χ0n) is 17.7. The lowest BCUT2D eigenvalue weighted by Gasteiger charge is -2.15. The van der Waals surface area contributed by atoms with E-state index in [0.29, 0.717) is 18.7 Å². The third-order valence-corrected chi connectivity index (χ3v) is 5.81. The van der Waals surface area contributed by atoms with Crippen molar-refractivity contribution in [1.29, 1.82) is 0 Å². The second kappa shape index (κ2) is 13.6. The van der Waals surface area contributed by atoms with Crippen molar-refractivity contribution in [3.63, 3.8) is 0 Å². The van der Waals surface area contributed by atoms with Crippen LogP contribution in [0.5, 0.6) is 11.5 Å². The number of unbranched alkanes of at least 4 members (excludes halogenated alkanes) is 2. The smallest absolute Gasteiger partial charge is 0.164 e. The first-order valence-electron chi connectivity index (χ1n) is 10.7. The largest absolute Gasteiger partial charge is 0.494 e. The predicted octanol–water partition coefficient (Wildman–Crippen LogP) is 6.40. The molecule has 0 aliphatic rings. The molecule has 5 heteroatoms. The van der Waals surface area contributed by atoms with Crippen molar-refractivity contribution in [3.8, 4) is 22.6 Å². The van der Waals surface area contributed by atoms with E-state index in [-0.39, 0.29) is 0 Å². The highest BCUT2D eigenvalue weighted by Gasteiger charge is 2.07.